The molecule has 0 unspecified atom stereocenters. The second kappa shape index (κ2) is 5.57. The minimum atomic E-state index is 0.235. The molecule has 2 N–H and O–H groups in total. The van der Waals surface area contributed by atoms with Crippen LogP contribution >= 0.6 is 12.2 Å². The summed E-state index contributed by atoms with van der Waals surface area (Å²) in [6.45, 7) is 8.86. The second-order valence-corrected chi connectivity index (χ2v) is 6.45. The van der Waals surface area contributed by atoms with Gasteiger partial charge in [-0.2, -0.15) is 0 Å². The molecule has 3 nitrogen and oxygen atoms in total. The van der Waals surface area contributed by atoms with Crippen LogP contribution in [0.2, 0.25) is 0 Å². The fourth-order valence-electron chi connectivity index (χ4n) is 2.56. The lowest BCUT2D eigenvalue weighted by Gasteiger charge is -2.45. The van der Waals surface area contributed by atoms with Crippen LogP contribution in [0.3, 0.4) is 0 Å². The topological polar surface area (TPSA) is 32.5 Å². The van der Waals surface area contributed by atoms with Crippen LogP contribution in [-0.4, -0.2) is 47.0 Å². The quantitative estimate of drug-likeness (QED) is 0.855. The van der Waals surface area contributed by atoms with E-state index in [1.807, 2.05) is 12.1 Å². The average Bonchev–Trinajstić information content (AvgIpc) is 2.34. The van der Waals surface area contributed by atoms with E-state index >= 15 is 0 Å². The van der Waals surface area contributed by atoms with Crippen LogP contribution in [0.1, 0.15) is 25.0 Å². The minimum absolute atomic E-state index is 0.235. The number of piperazine rings is 1. The van der Waals surface area contributed by atoms with Gasteiger partial charge in [0.05, 0.1) is 0 Å². The zero-order valence-corrected chi connectivity index (χ0v) is 12.8. The Balaban J connectivity index is 2.05. The van der Waals surface area contributed by atoms with Crippen molar-refractivity contribution in [1.82, 2.24) is 9.80 Å². The molecule has 1 fully saturated rings. The van der Waals surface area contributed by atoms with Crippen molar-refractivity contribution >= 4 is 17.2 Å². The Morgan fingerprint density at radius 2 is 2.11 bits per heavy atom. The van der Waals surface area contributed by atoms with E-state index in [4.69, 9.17) is 18.0 Å². The van der Waals surface area contributed by atoms with Crippen molar-refractivity contribution in [2.45, 2.75) is 25.9 Å². The van der Waals surface area contributed by atoms with E-state index in [9.17, 15) is 0 Å². The maximum Gasteiger partial charge on any atom is 0.103 e. The van der Waals surface area contributed by atoms with Gasteiger partial charge in [-0.15, -0.1) is 0 Å². The van der Waals surface area contributed by atoms with Gasteiger partial charge in [0.25, 0.3) is 0 Å². The number of nitrogens with zero attached hydrogens (tertiary/aromatic N) is 2. The summed E-state index contributed by atoms with van der Waals surface area (Å²) in [4.78, 5) is 5.40. The predicted molar refractivity (Wildman–Crippen MR) is 84.3 cm³/mol. The molecule has 0 saturated carbocycles. The largest absolute Gasteiger partial charge is 0.389 e. The molecule has 19 heavy (non-hydrogen) atoms. The lowest BCUT2D eigenvalue weighted by atomic mass is 9.99. The van der Waals surface area contributed by atoms with E-state index in [-0.39, 0.29) is 5.54 Å². The zero-order chi connectivity index (χ0) is 14.0. The molecule has 0 aliphatic carbocycles. The van der Waals surface area contributed by atoms with Crippen LogP contribution in [-0.2, 0) is 6.54 Å². The first-order valence-corrected chi connectivity index (χ1v) is 7.12. The molecule has 0 amide bonds. The van der Waals surface area contributed by atoms with E-state index in [0.29, 0.717) is 4.99 Å². The monoisotopic (exact) mass is 277 g/mol. The Morgan fingerprint density at radius 3 is 2.74 bits per heavy atom. The lowest BCUT2D eigenvalue weighted by Crippen LogP contribution is -2.57. The molecule has 0 aromatic heterocycles. The third kappa shape index (κ3) is 3.53. The molecule has 0 atom stereocenters. The summed E-state index contributed by atoms with van der Waals surface area (Å²) in [5.41, 5.74) is 8.17. The fourth-order valence-corrected chi connectivity index (χ4v) is 2.68. The van der Waals surface area contributed by atoms with Crippen molar-refractivity contribution in [1.29, 1.82) is 0 Å². The molecule has 1 aromatic carbocycles. The highest BCUT2D eigenvalue weighted by atomic mass is 32.1. The van der Waals surface area contributed by atoms with E-state index in [1.54, 1.807) is 0 Å². The summed E-state index contributed by atoms with van der Waals surface area (Å²) in [6.07, 6.45) is 0. The highest BCUT2D eigenvalue weighted by molar-refractivity contribution is 7.80. The molecule has 4 heteroatoms. The Labute approximate surface area is 121 Å². The van der Waals surface area contributed by atoms with Crippen molar-refractivity contribution < 1.29 is 0 Å². The Hall–Kier alpha value is -0.970. The normalized spacial score (nSPS) is 20.4. The highest BCUT2D eigenvalue weighted by Gasteiger charge is 2.30. The maximum atomic E-state index is 5.69. The molecular formula is C15H23N3S. The van der Waals surface area contributed by atoms with Crippen molar-refractivity contribution in [3.8, 4) is 0 Å². The SMILES string of the molecule is CN1CCN(Cc2cccc(C(N)=S)c2)CC1(C)C. The molecule has 0 spiro atoms. The first kappa shape index (κ1) is 14.4. The standard InChI is InChI=1S/C15H23N3S/c1-15(2)11-18(8-7-17(15)3)10-12-5-4-6-13(9-12)14(16)19/h4-6,9H,7-8,10-11H2,1-3H3,(H2,16,19). The van der Waals surface area contributed by atoms with Gasteiger partial charge in [-0.1, -0.05) is 30.4 Å². The summed E-state index contributed by atoms with van der Waals surface area (Å²) in [7, 11) is 2.20. The predicted octanol–water partition coefficient (Wildman–Crippen LogP) is 1.85. The van der Waals surface area contributed by atoms with Crippen LogP contribution < -0.4 is 5.73 Å². The van der Waals surface area contributed by atoms with Gasteiger partial charge >= 0.3 is 0 Å². The van der Waals surface area contributed by atoms with Crippen LogP contribution in [0, 0.1) is 0 Å². The van der Waals surface area contributed by atoms with Crippen molar-refractivity contribution in [3.05, 3.63) is 35.4 Å². The average molecular weight is 277 g/mol. The number of likely N-dealkylation sites (N-methyl/N-ethyl adjacent to an activating group) is 1. The summed E-state index contributed by atoms with van der Waals surface area (Å²) < 4.78 is 0. The minimum Gasteiger partial charge on any atom is -0.389 e. The number of hydrogen-bond acceptors (Lipinski definition) is 3. The van der Waals surface area contributed by atoms with Crippen LogP contribution in [0.15, 0.2) is 24.3 Å². The summed E-state index contributed by atoms with van der Waals surface area (Å²) in [6, 6.07) is 8.26. The van der Waals surface area contributed by atoms with Gasteiger partial charge in [0, 0.05) is 37.3 Å². The van der Waals surface area contributed by atoms with Crippen molar-refractivity contribution in [3.63, 3.8) is 0 Å². The van der Waals surface area contributed by atoms with E-state index in [1.165, 1.54) is 5.56 Å². The van der Waals surface area contributed by atoms with Gasteiger partial charge in [-0.25, -0.2) is 0 Å². The number of thiocarbonyl (C=S) groups is 1. The van der Waals surface area contributed by atoms with Gasteiger partial charge < -0.3 is 5.73 Å². The van der Waals surface area contributed by atoms with E-state index in [0.717, 1.165) is 31.7 Å². The van der Waals surface area contributed by atoms with Gasteiger partial charge in [0.2, 0.25) is 0 Å². The Kier molecular flexibility index (Phi) is 4.23. The third-order valence-corrected chi connectivity index (χ3v) is 4.25. The molecule has 1 aliphatic rings. The maximum absolute atomic E-state index is 5.69. The van der Waals surface area contributed by atoms with Gasteiger partial charge in [-0.05, 0) is 32.5 Å². The number of nitrogens with two attached hydrogens (primary N) is 1. The van der Waals surface area contributed by atoms with Gasteiger partial charge in [-0.3, -0.25) is 9.80 Å². The first-order valence-electron chi connectivity index (χ1n) is 6.71. The molecule has 2 rings (SSSR count). The van der Waals surface area contributed by atoms with Gasteiger partial charge in [0.15, 0.2) is 0 Å². The molecule has 104 valence electrons. The third-order valence-electron chi connectivity index (χ3n) is 4.01. The lowest BCUT2D eigenvalue weighted by molar-refractivity contribution is 0.0360. The molecule has 0 bridgehead atoms. The van der Waals surface area contributed by atoms with Crippen LogP contribution in [0.4, 0.5) is 0 Å². The summed E-state index contributed by atoms with van der Waals surface area (Å²) >= 11 is 5.04. The first-order chi connectivity index (χ1) is 8.88. The van der Waals surface area contributed by atoms with Gasteiger partial charge in [0.1, 0.15) is 4.99 Å². The molecule has 1 aromatic rings. The Bertz CT molecular complexity index is 470. The molecular weight excluding hydrogens is 254 g/mol. The molecule has 0 radical (unpaired) electrons. The molecule has 1 heterocycles. The number of benzene rings is 1. The number of rotatable bonds is 3. The van der Waals surface area contributed by atoms with Crippen LogP contribution in [0.5, 0.6) is 0 Å². The smallest absolute Gasteiger partial charge is 0.103 e. The Morgan fingerprint density at radius 1 is 1.37 bits per heavy atom. The highest BCUT2D eigenvalue weighted by Crippen LogP contribution is 2.20. The molecule has 1 saturated heterocycles. The van der Waals surface area contributed by atoms with Crippen molar-refractivity contribution in [2.75, 3.05) is 26.7 Å². The summed E-state index contributed by atoms with van der Waals surface area (Å²) in [5.74, 6) is 0. The molecule has 1 aliphatic heterocycles. The second-order valence-electron chi connectivity index (χ2n) is 6.01. The van der Waals surface area contributed by atoms with Crippen LogP contribution in [0.25, 0.3) is 0 Å². The number of hydrogen-bond donors (Lipinski definition) is 1. The zero-order valence-electron chi connectivity index (χ0n) is 12.0. The summed E-state index contributed by atoms with van der Waals surface area (Å²) in [5, 5.41) is 0. The van der Waals surface area contributed by atoms with Crippen molar-refractivity contribution in [2.24, 2.45) is 5.73 Å². The van der Waals surface area contributed by atoms with E-state index in [2.05, 4.69) is 42.8 Å². The fraction of sp³-hybridized carbons (Fsp3) is 0.533. The van der Waals surface area contributed by atoms with E-state index < -0.39 is 0 Å².